The Labute approximate surface area is 166 Å². The summed E-state index contributed by atoms with van der Waals surface area (Å²) in [5.74, 6) is -0.803. The first-order valence-corrected chi connectivity index (χ1v) is 11.0. The van der Waals surface area contributed by atoms with Crippen molar-refractivity contribution in [3.05, 3.63) is 91.0 Å². The van der Waals surface area contributed by atoms with Crippen molar-refractivity contribution >= 4 is 39.8 Å². The molecule has 3 rings (SSSR count). The summed E-state index contributed by atoms with van der Waals surface area (Å²) in [6.45, 7) is 0.711. The summed E-state index contributed by atoms with van der Waals surface area (Å²) < 4.78 is 5.37. The SMILES string of the molecule is CCOC(=O)C(C(C)=O)=P(c1ccccc1)(c1ccccc1)c1ccccc1. The zero-order valence-corrected chi connectivity index (χ0v) is 16.9. The molecule has 3 nitrogen and oxygen atoms in total. The van der Waals surface area contributed by atoms with Crippen molar-refractivity contribution in [3.63, 3.8) is 0 Å². The number of ketones is 1. The van der Waals surface area contributed by atoms with Crippen LogP contribution in [-0.2, 0) is 14.3 Å². The molecule has 0 heterocycles. The highest BCUT2D eigenvalue weighted by Crippen LogP contribution is 2.46. The van der Waals surface area contributed by atoms with Gasteiger partial charge in [0.2, 0.25) is 0 Å². The fourth-order valence-corrected chi connectivity index (χ4v) is 7.84. The van der Waals surface area contributed by atoms with Gasteiger partial charge in [-0.15, -0.1) is 0 Å². The van der Waals surface area contributed by atoms with Crippen LogP contribution in [0.1, 0.15) is 13.8 Å². The van der Waals surface area contributed by atoms with Gasteiger partial charge in [0.25, 0.3) is 0 Å². The van der Waals surface area contributed by atoms with E-state index in [4.69, 9.17) is 4.74 Å². The van der Waals surface area contributed by atoms with Crippen LogP contribution in [-0.4, -0.2) is 23.7 Å². The molecule has 0 radical (unpaired) electrons. The maximum atomic E-state index is 13.1. The zero-order valence-electron chi connectivity index (χ0n) is 16.0. The molecule has 142 valence electrons. The number of hydrogen-bond acceptors (Lipinski definition) is 3. The van der Waals surface area contributed by atoms with Crippen LogP contribution in [0.5, 0.6) is 0 Å². The summed E-state index contributed by atoms with van der Waals surface area (Å²) in [6, 6.07) is 29.4. The lowest BCUT2D eigenvalue weighted by Crippen LogP contribution is -2.37. The molecule has 0 saturated heterocycles. The van der Waals surface area contributed by atoms with Gasteiger partial charge in [-0.3, -0.25) is 4.79 Å². The van der Waals surface area contributed by atoms with Crippen LogP contribution in [0.2, 0.25) is 0 Å². The Bertz CT molecular complexity index is 906. The first-order chi connectivity index (χ1) is 13.6. The van der Waals surface area contributed by atoms with Crippen LogP contribution in [0, 0.1) is 0 Å². The summed E-state index contributed by atoms with van der Waals surface area (Å²) in [5, 5.41) is 3.07. The molecule has 0 saturated carbocycles. The predicted molar refractivity (Wildman–Crippen MR) is 117 cm³/mol. The molecule has 0 bridgehead atoms. The van der Waals surface area contributed by atoms with Crippen LogP contribution in [0.4, 0.5) is 0 Å². The molecule has 0 amide bonds. The minimum absolute atomic E-state index is 0.216. The Morgan fingerprint density at radius 2 is 1.07 bits per heavy atom. The van der Waals surface area contributed by atoms with Crippen LogP contribution >= 0.6 is 6.89 Å². The molecule has 0 unspecified atom stereocenters. The molecule has 0 aromatic heterocycles. The maximum absolute atomic E-state index is 13.1. The largest absolute Gasteiger partial charge is 0.462 e. The molecule has 0 atom stereocenters. The van der Waals surface area contributed by atoms with Crippen molar-refractivity contribution in [2.24, 2.45) is 0 Å². The molecule has 3 aromatic rings. The minimum atomic E-state index is -2.71. The van der Waals surface area contributed by atoms with Gasteiger partial charge in [0.15, 0.2) is 5.78 Å². The second kappa shape index (κ2) is 8.86. The monoisotopic (exact) mass is 390 g/mol. The van der Waals surface area contributed by atoms with E-state index in [9.17, 15) is 9.59 Å². The van der Waals surface area contributed by atoms with Gasteiger partial charge in [-0.1, -0.05) is 91.0 Å². The third-order valence-corrected chi connectivity index (χ3v) is 8.95. The number of benzene rings is 3. The molecule has 0 aliphatic carbocycles. The van der Waals surface area contributed by atoms with E-state index in [2.05, 4.69) is 0 Å². The van der Waals surface area contributed by atoms with E-state index < -0.39 is 12.9 Å². The van der Waals surface area contributed by atoms with E-state index >= 15 is 0 Å². The average Bonchev–Trinajstić information content (AvgIpc) is 2.73. The van der Waals surface area contributed by atoms with Gasteiger partial charge in [0, 0.05) is 0 Å². The first-order valence-electron chi connectivity index (χ1n) is 9.23. The number of rotatable bonds is 6. The molecule has 0 aliphatic heterocycles. The molecule has 4 heteroatoms. The lowest BCUT2D eigenvalue weighted by atomic mass is 10.3. The number of carbonyl (C=O) groups is 2. The summed E-state index contributed by atoms with van der Waals surface area (Å²) in [6.07, 6.45) is 0. The number of Topliss-reactive ketones (excluding diaryl/α,β-unsaturated/α-hetero) is 1. The highest BCUT2D eigenvalue weighted by Gasteiger charge is 2.35. The van der Waals surface area contributed by atoms with Crippen molar-refractivity contribution in [2.75, 3.05) is 6.61 Å². The Morgan fingerprint density at radius 1 is 0.714 bits per heavy atom. The first kappa shape index (κ1) is 19.9. The Balaban J connectivity index is 2.60. The highest BCUT2D eigenvalue weighted by atomic mass is 31.2. The Kier molecular flexibility index (Phi) is 6.28. The number of esters is 1. The second-order valence-corrected chi connectivity index (χ2v) is 9.64. The number of ether oxygens (including phenoxy) is 1. The van der Waals surface area contributed by atoms with Gasteiger partial charge in [0.05, 0.1) is 6.61 Å². The zero-order chi connectivity index (χ0) is 20.0. The average molecular weight is 390 g/mol. The third kappa shape index (κ3) is 3.58. The van der Waals surface area contributed by atoms with Gasteiger partial charge < -0.3 is 4.74 Å². The number of hydrogen-bond donors (Lipinski definition) is 0. The molecular formula is C24H23O3P. The maximum Gasteiger partial charge on any atom is 0.342 e. The fourth-order valence-electron chi connectivity index (χ4n) is 3.51. The van der Waals surface area contributed by atoms with E-state index in [1.54, 1.807) is 6.92 Å². The van der Waals surface area contributed by atoms with Crippen molar-refractivity contribution < 1.29 is 14.3 Å². The van der Waals surface area contributed by atoms with Gasteiger partial charge in [-0.25, -0.2) is 4.79 Å². The second-order valence-electron chi connectivity index (χ2n) is 6.30. The summed E-state index contributed by atoms with van der Waals surface area (Å²) in [5.41, 5.74) is 0. The lowest BCUT2D eigenvalue weighted by Gasteiger charge is -2.31. The fraction of sp³-hybridized carbons (Fsp3) is 0.125. The molecule has 0 fully saturated rings. The van der Waals surface area contributed by atoms with Gasteiger partial charge >= 0.3 is 5.97 Å². The topological polar surface area (TPSA) is 43.4 Å². The van der Waals surface area contributed by atoms with Crippen LogP contribution < -0.4 is 15.9 Å². The van der Waals surface area contributed by atoms with Gasteiger partial charge in [0.1, 0.15) is 5.29 Å². The van der Waals surface area contributed by atoms with Gasteiger partial charge in [-0.2, -0.15) is 0 Å². The molecule has 0 N–H and O–H groups in total. The normalized spacial score (nSPS) is 10.9. The van der Waals surface area contributed by atoms with E-state index in [1.165, 1.54) is 6.92 Å². The van der Waals surface area contributed by atoms with Crippen molar-refractivity contribution in [1.82, 2.24) is 0 Å². The van der Waals surface area contributed by atoms with Gasteiger partial charge in [-0.05, 0) is 36.6 Å². The minimum Gasteiger partial charge on any atom is -0.462 e. The van der Waals surface area contributed by atoms with E-state index in [0.717, 1.165) is 15.9 Å². The third-order valence-electron chi connectivity index (χ3n) is 4.57. The number of carbonyl (C=O) groups excluding carboxylic acids is 2. The van der Waals surface area contributed by atoms with E-state index in [-0.39, 0.29) is 17.7 Å². The van der Waals surface area contributed by atoms with Crippen molar-refractivity contribution in [3.8, 4) is 0 Å². The van der Waals surface area contributed by atoms with E-state index in [0.29, 0.717) is 0 Å². The summed E-state index contributed by atoms with van der Waals surface area (Å²) in [7, 11) is 0. The van der Waals surface area contributed by atoms with Crippen LogP contribution in [0.15, 0.2) is 91.0 Å². The predicted octanol–water partition coefficient (Wildman–Crippen LogP) is 3.31. The Morgan fingerprint density at radius 3 is 1.36 bits per heavy atom. The molecule has 0 spiro atoms. The van der Waals surface area contributed by atoms with Crippen LogP contribution in [0.3, 0.4) is 0 Å². The van der Waals surface area contributed by atoms with Crippen molar-refractivity contribution in [2.45, 2.75) is 13.8 Å². The molecular weight excluding hydrogens is 367 g/mol. The standard InChI is InChI=1S/C24H23O3P/c1-3-27-24(26)23(19(2)25)28(20-13-7-4-8-14-20,21-15-9-5-10-16-21)22-17-11-6-12-18-22/h4-18H,3H2,1-2H3. The molecule has 28 heavy (non-hydrogen) atoms. The molecule has 0 aliphatic rings. The van der Waals surface area contributed by atoms with Crippen molar-refractivity contribution in [1.29, 1.82) is 0 Å². The molecule has 3 aromatic carbocycles. The van der Waals surface area contributed by atoms with Crippen LogP contribution in [0.25, 0.3) is 0 Å². The highest BCUT2D eigenvalue weighted by molar-refractivity contribution is 7.97. The quantitative estimate of drug-likeness (QED) is 0.369. The lowest BCUT2D eigenvalue weighted by molar-refractivity contribution is -0.135. The summed E-state index contributed by atoms with van der Waals surface area (Å²) >= 11 is 0. The smallest absolute Gasteiger partial charge is 0.342 e. The van der Waals surface area contributed by atoms with E-state index in [1.807, 2.05) is 91.0 Å². The summed E-state index contributed by atoms with van der Waals surface area (Å²) in [4.78, 5) is 26.0. The Hall–Kier alpha value is -2.90.